The summed E-state index contributed by atoms with van der Waals surface area (Å²) in [4.78, 5) is 0. The second-order valence-electron chi connectivity index (χ2n) is 4.91. The molecule has 1 saturated heterocycles. The van der Waals surface area contributed by atoms with Crippen molar-refractivity contribution in [1.82, 2.24) is 5.32 Å². The molecule has 2 nitrogen and oxygen atoms in total. The second-order valence-corrected chi connectivity index (χ2v) is 4.91. The van der Waals surface area contributed by atoms with Gasteiger partial charge in [0.15, 0.2) is 0 Å². The van der Waals surface area contributed by atoms with Crippen molar-refractivity contribution in [3.05, 3.63) is 35.4 Å². The monoisotopic (exact) mass is 200 g/mol. The molecule has 1 heterocycles. The molecule has 1 fully saturated rings. The number of nitriles is 1. The zero-order valence-corrected chi connectivity index (χ0v) is 9.25. The Labute approximate surface area is 90.9 Å². The predicted molar refractivity (Wildman–Crippen MR) is 60.5 cm³/mol. The molecule has 1 aliphatic heterocycles. The molecule has 15 heavy (non-hydrogen) atoms. The smallest absolute Gasteiger partial charge is 0.0991 e. The summed E-state index contributed by atoms with van der Waals surface area (Å²) in [5.74, 6) is 0.560. The number of hydrogen-bond acceptors (Lipinski definition) is 2. The third-order valence-corrected chi connectivity index (χ3v) is 3.31. The topological polar surface area (TPSA) is 35.8 Å². The van der Waals surface area contributed by atoms with Gasteiger partial charge in [-0.05, 0) is 23.1 Å². The maximum absolute atomic E-state index is 8.73. The number of benzene rings is 1. The fourth-order valence-electron chi connectivity index (χ4n) is 2.30. The van der Waals surface area contributed by atoms with Gasteiger partial charge in [-0.25, -0.2) is 0 Å². The third kappa shape index (κ3) is 1.88. The summed E-state index contributed by atoms with van der Waals surface area (Å²) in [6.45, 7) is 6.68. The number of rotatable bonds is 1. The van der Waals surface area contributed by atoms with Gasteiger partial charge < -0.3 is 5.32 Å². The summed E-state index contributed by atoms with van der Waals surface area (Å²) >= 11 is 0. The van der Waals surface area contributed by atoms with Gasteiger partial charge in [0.05, 0.1) is 11.6 Å². The third-order valence-electron chi connectivity index (χ3n) is 3.31. The highest BCUT2D eigenvalue weighted by molar-refractivity contribution is 5.34. The maximum atomic E-state index is 8.73. The van der Waals surface area contributed by atoms with E-state index in [2.05, 4.69) is 37.4 Å². The molecule has 2 heteroatoms. The van der Waals surface area contributed by atoms with E-state index in [0.717, 1.165) is 18.7 Å². The lowest BCUT2D eigenvalue weighted by atomic mass is 9.78. The first-order chi connectivity index (χ1) is 7.13. The van der Waals surface area contributed by atoms with Gasteiger partial charge >= 0.3 is 0 Å². The Morgan fingerprint density at radius 1 is 1.33 bits per heavy atom. The van der Waals surface area contributed by atoms with Gasteiger partial charge in [-0.3, -0.25) is 0 Å². The number of hydrogen-bond donors (Lipinski definition) is 1. The van der Waals surface area contributed by atoms with Crippen LogP contribution in [0.15, 0.2) is 24.3 Å². The van der Waals surface area contributed by atoms with E-state index < -0.39 is 0 Å². The SMILES string of the molecule is CC1(C)CNC[C@H]1c1ccc(C#N)cc1. The van der Waals surface area contributed by atoms with Crippen LogP contribution in [0, 0.1) is 16.7 Å². The molecule has 0 aromatic heterocycles. The first-order valence-corrected chi connectivity index (χ1v) is 5.34. The summed E-state index contributed by atoms with van der Waals surface area (Å²) in [7, 11) is 0. The van der Waals surface area contributed by atoms with Crippen molar-refractivity contribution in [3.8, 4) is 6.07 Å². The normalized spacial score (nSPS) is 23.7. The van der Waals surface area contributed by atoms with Gasteiger partial charge in [-0.15, -0.1) is 0 Å². The fraction of sp³-hybridized carbons (Fsp3) is 0.462. The van der Waals surface area contributed by atoms with E-state index in [1.54, 1.807) is 0 Å². The van der Waals surface area contributed by atoms with Crippen molar-refractivity contribution in [2.45, 2.75) is 19.8 Å². The van der Waals surface area contributed by atoms with Gasteiger partial charge in [0.25, 0.3) is 0 Å². The van der Waals surface area contributed by atoms with Crippen molar-refractivity contribution >= 4 is 0 Å². The van der Waals surface area contributed by atoms with E-state index in [1.165, 1.54) is 5.56 Å². The Balaban J connectivity index is 2.27. The standard InChI is InChI=1S/C13H16N2/c1-13(2)9-15-8-12(13)11-5-3-10(7-14)4-6-11/h3-6,12,15H,8-9H2,1-2H3/t12-/m0/s1. The lowest BCUT2D eigenvalue weighted by molar-refractivity contribution is 0.363. The molecule has 0 aliphatic carbocycles. The van der Waals surface area contributed by atoms with E-state index in [4.69, 9.17) is 5.26 Å². The van der Waals surface area contributed by atoms with E-state index in [0.29, 0.717) is 11.3 Å². The molecule has 1 aromatic carbocycles. The van der Waals surface area contributed by atoms with Gasteiger partial charge in [-0.1, -0.05) is 26.0 Å². The van der Waals surface area contributed by atoms with E-state index in [-0.39, 0.29) is 0 Å². The zero-order chi connectivity index (χ0) is 10.9. The Morgan fingerprint density at radius 2 is 2.00 bits per heavy atom. The van der Waals surface area contributed by atoms with E-state index >= 15 is 0 Å². The first-order valence-electron chi connectivity index (χ1n) is 5.34. The molecule has 0 saturated carbocycles. The predicted octanol–water partition coefficient (Wildman–Crippen LogP) is 2.27. The highest BCUT2D eigenvalue weighted by Crippen LogP contribution is 2.38. The Hall–Kier alpha value is -1.33. The summed E-state index contributed by atoms with van der Waals surface area (Å²) in [6.07, 6.45) is 0. The minimum Gasteiger partial charge on any atom is -0.316 e. The highest BCUT2D eigenvalue weighted by atomic mass is 14.9. The Morgan fingerprint density at radius 3 is 2.47 bits per heavy atom. The molecule has 0 radical (unpaired) electrons. The lowest BCUT2D eigenvalue weighted by Gasteiger charge is -2.26. The zero-order valence-electron chi connectivity index (χ0n) is 9.25. The molecule has 0 unspecified atom stereocenters. The van der Waals surface area contributed by atoms with Crippen LogP contribution in [-0.4, -0.2) is 13.1 Å². The number of nitrogens with one attached hydrogen (secondary N) is 1. The van der Waals surface area contributed by atoms with Crippen molar-refractivity contribution < 1.29 is 0 Å². The van der Waals surface area contributed by atoms with Gasteiger partial charge in [0.1, 0.15) is 0 Å². The van der Waals surface area contributed by atoms with Gasteiger partial charge in [0, 0.05) is 19.0 Å². The van der Waals surface area contributed by atoms with Crippen molar-refractivity contribution in [1.29, 1.82) is 5.26 Å². The highest BCUT2D eigenvalue weighted by Gasteiger charge is 2.35. The average molecular weight is 200 g/mol. The van der Waals surface area contributed by atoms with Crippen molar-refractivity contribution in [3.63, 3.8) is 0 Å². The lowest BCUT2D eigenvalue weighted by Crippen LogP contribution is -2.20. The van der Waals surface area contributed by atoms with Crippen LogP contribution in [0.2, 0.25) is 0 Å². The average Bonchev–Trinajstić information content (AvgIpc) is 2.58. The Bertz CT molecular complexity index is 384. The van der Waals surface area contributed by atoms with Crippen molar-refractivity contribution in [2.24, 2.45) is 5.41 Å². The summed E-state index contributed by atoms with van der Waals surface area (Å²) < 4.78 is 0. The minimum absolute atomic E-state index is 0.314. The fourth-order valence-corrected chi connectivity index (χ4v) is 2.30. The quantitative estimate of drug-likeness (QED) is 0.755. The summed E-state index contributed by atoms with van der Waals surface area (Å²) in [6, 6.07) is 10.1. The van der Waals surface area contributed by atoms with Crippen LogP contribution in [0.4, 0.5) is 0 Å². The largest absolute Gasteiger partial charge is 0.316 e. The van der Waals surface area contributed by atoms with Gasteiger partial charge in [-0.2, -0.15) is 5.26 Å². The molecule has 78 valence electrons. The van der Waals surface area contributed by atoms with Crippen LogP contribution < -0.4 is 5.32 Å². The molecule has 1 aromatic rings. The summed E-state index contributed by atoms with van der Waals surface area (Å²) in [5.41, 5.74) is 2.39. The van der Waals surface area contributed by atoms with Crippen LogP contribution in [0.25, 0.3) is 0 Å². The van der Waals surface area contributed by atoms with E-state index in [1.807, 2.05) is 12.1 Å². The van der Waals surface area contributed by atoms with Gasteiger partial charge in [0.2, 0.25) is 0 Å². The maximum Gasteiger partial charge on any atom is 0.0991 e. The van der Waals surface area contributed by atoms with Crippen molar-refractivity contribution in [2.75, 3.05) is 13.1 Å². The molecule has 0 amide bonds. The van der Waals surface area contributed by atoms with Crippen LogP contribution in [-0.2, 0) is 0 Å². The van der Waals surface area contributed by atoms with E-state index in [9.17, 15) is 0 Å². The number of nitrogens with zero attached hydrogens (tertiary/aromatic N) is 1. The summed E-state index contributed by atoms with van der Waals surface area (Å²) in [5, 5.41) is 12.2. The Kier molecular flexibility index (Phi) is 2.50. The van der Waals surface area contributed by atoms with Crippen LogP contribution in [0.5, 0.6) is 0 Å². The minimum atomic E-state index is 0.314. The van der Waals surface area contributed by atoms with Crippen LogP contribution in [0.1, 0.15) is 30.9 Å². The first kappa shape index (κ1) is 10.2. The molecule has 1 N–H and O–H groups in total. The molecule has 1 aliphatic rings. The molecule has 1 atom stereocenters. The molecular weight excluding hydrogens is 184 g/mol. The van der Waals surface area contributed by atoms with Crippen LogP contribution in [0.3, 0.4) is 0 Å². The molecular formula is C13H16N2. The molecule has 2 rings (SSSR count). The molecule has 0 spiro atoms. The second kappa shape index (κ2) is 3.67. The van der Waals surface area contributed by atoms with Crippen LogP contribution >= 0.6 is 0 Å². The molecule has 0 bridgehead atoms.